The lowest BCUT2D eigenvalue weighted by Crippen LogP contribution is -2.44. The fourth-order valence-electron chi connectivity index (χ4n) is 5.45. The molecule has 2 aliphatic heterocycles. The summed E-state index contributed by atoms with van der Waals surface area (Å²) in [5.74, 6) is -0.246. The van der Waals surface area contributed by atoms with Crippen molar-refractivity contribution in [2.75, 3.05) is 31.1 Å². The van der Waals surface area contributed by atoms with E-state index in [0.717, 1.165) is 68.9 Å². The van der Waals surface area contributed by atoms with E-state index in [9.17, 15) is 19.8 Å². The fraction of sp³-hybridized carbons (Fsp3) is 0.483. The second-order valence-electron chi connectivity index (χ2n) is 10.7. The number of piperidine rings is 2. The first-order valence-electron chi connectivity index (χ1n) is 13.5. The molecule has 0 bridgehead atoms. The van der Waals surface area contributed by atoms with Crippen molar-refractivity contribution in [1.82, 2.24) is 9.80 Å². The van der Waals surface area contributed by atoms with Crippen LogP contribution < -0.4 is 10.6 Å². The molecule has 0 aliphatic carbocycles. The Labute approximate surface area is 224 Å². The van der Waals surface area contributed by atoms with Crippen molar-refractivity contribution < 1.29 is 19.8 Å². The number of amides is 3. The second kappa shape index (κ2) is 11.9. The van der Waals surface area contributed by atoms with E-state index in [1.165, 1.54) is 18.6 Å². The van der Waals surface area contributed by atoms with Crippen LogP contribution in [0.3, 0.4) is 0 Å². The van der Waals surface area contributed by atoms with Crippen molar-refractivity contribution in [3.05, 3.63) is 53.1 Å². The maximum atomic E-state index is 12.8. The number of benzene rings is 2. The number of nitrogens with two attached hydrogens (primary N) is 1. The van der Waals surface area contributed by atoms with E-state index in [0.29, 0.717) is 17.2 Å². The number of carbonyl (C=O) groups excluding carboxylic acids is 2. The zero-order chi connectivity index (χ0) is 27.4. The van der Waals surface area contributed by atoms with Crippen LogP contribution in [-0.2, 0) is 11.3 Å². The van der Waals surface area contributed by atoms with Gasteiger partial charge in [-0.05, 0) is 80.4 Å². The van der Waals surface area contributed by atoms with Gasteiger partial charge in [0, 0.05) is 31.6 Å². The molecule has 4 rings (SSSR count). The fourth-order valence-corrected chi connectivity index (χ4v) is 5.45. The van der Waals surface area contributed by atoms with Gasteiger partial charge in [-0.3, -0.25) is 15.1 Å². The molecule has 2 heterocycles. The van der Waals surface area contributed by atoms with Gasteiger partial charge in [0.15, 0.2) is 0 Å². The van der Waals surface area contributed by atoms with E-state index >= 15 is 0 Å². The Kier molecular flexibility index (Phi) is 8.56. The average molecular weight is 522 g/mol. The quantitative estimate of drug-likeness (QED) is 0.331. The molecular formula is C29H39N5O4. The molecule has 0 aromatic heterocycles. The normalized spacial score (nSPS) is 17.0. The van der Waals surface area contributed by atoms with E-state index in [-0.39, 0.29) is 34.7 Å². The van der Waals surface area contributed by atoms with Crippen LogP contribution >= 0.6 is 0 Å². The maximum Gasteiger partial charge on any atom is 0.325 e. The van der Waals surface area contributed by atoms with Gasteiger partial charge < -0.3 is 20.8 Å². The summed E-state index contributed by atoms with van der Waals surface area (Å²) in [5.41, 5.74) is 7.77. The number of amidine groups is 1. The Morgan fingerprint density at radius 1 is 1.00 bits per heavy atom. The number of hydrogen-bond donors (Lipinski definition) is 4. The van der Waals surface area contributed by atoms with E-state index in [2.05, 4.69) is 4.90 Å². The summed E-state index contributed by atoms with van der Waals surface area (Å²) < 4.78 is 0. The Balaban J connectivity index is 1.40. The SMILES string of the molecule is CC(C)c1cc(C(=N)N(C(N)=O)c2ccc(CN3CCC(C(=O)N4CCCCC4)CC3)cc2)c(O)cc1O. The Bertz CT molecular complexity index is 1170. The molecule has 2 saturated heterocycles. The van der Waals surface area contributed by atoms with Crippen LogP contribution in [0.15, 0.2) is 36.4 Å². The van der Waals surface area contributed by atoms with Gasteiger partial charge in [0.2, 0.25) is 5.91 Å². The summed E-state index contributed by atoms with van der Waals surface area (Å²) in [7, 11) is 0. The Morgan fingerprint density at radius 3 is 2.21 bits per heavy atom. The van der Waals surface area contributed by atoms with Gasteiger partial charge in [0.05, 0.1) is 11.3 Å². The number of urea groups is 1. The lowest BCUT2D eigenvalue weighted by Gasteiger charge is -2.35. The van der Waals surface area contributed by atoms with Gasteiger partial charge in [-0.2, -0.15) is 0 Å². The van der Waals surface area contributed by atoms with E-state index < -0.39 is 6.03 Å². The molecule has 9 nitrogen and oxygen atoms in total. The molecule has 0 spiro atoms. The van der Waals surface area contributed by atoms with Crippen molar-refractivity contribution in [3.8, 4) is 11.5 Å². The van der Waals surface area contributed by atoms with Gasteiger partial charge in [-0.1, -0.05) is 26.0 Å². The van der Waals surface area contributed by atoms with E-state index in [1.54, 1.807) is 12.1 Å². The molecule has 2 aliphatic rings. The molecule has 0 saturated carbocycles. The lowest BCUT2D eigenvalue weighted by molar-refractivity contribution is -0.138. The molecule has 0 radical (unpaired) electrons. The highest BCUT2D eigenvalue weighted by molar-refractivity contribution is 6.22. The van der Waals surface area contributed by atoms with Crippen molar-refractivity contribution in [1.29, 1.82) is 5.41 Å². The van der Waals surface area contributed by atoms with Gasteiger partial charge in [-0.25, -0.2) is 9.69 Å². The number of hydrogen-bond acceptors (Lipinski definition) is 6. The number of aromatic hydroxyl groups is 2. The first kappa shape index (κ1) is 27.4. The Hall–Kier alpha value is -3.59. The molecule has 2 aromatic carbocycles. The summed E-state index contributed by atoms with van der Waals surface area (Å²) in [6, 6.07) is 9.14. The highest BCUT2D eigenvalue weighted by Crippen LogP contribution is 2.33. The van der Waals surface area contributed by atoms with Gasteiger partial charge in [0.25, 0.3) is 0 Å². The number of anilines is 1. The zero-order valence-electron chi connectivity index (χ0n) is 22.3. The molecular weight excluding hydrogens is 482 g/mol. The zero-order valence-corrected chi connectivity index (χ0v) is 22.3. The first-order valence-corrected chi connectivity index (χ1v) is 13.5. The highest BCUT2D eigenvalue weighted by Gasteiger charge is 2.29. The van der Waals surface area contributed by atoms with Crippen molar-refractivity contribution in [2.45, 2.75) is 58.4 Å². The lowest BCUT2D eigenvalue weighted by atomic mass is 9.94. The summed E-state index contributed by atoms with van der Waals surface area (Å²) >= 11 is 0. The van der Waals surface area contributed by atoms with Crippen LogP contribution in [0.1, 0.15) is 68.6 Å². The number of nitrogens with zero attached hydrogens (tertiary/aromatic N) is 3. The first-order chi connectivity index (χ1) is 18.2. The number of likely N-dealkylation sites (tertiary alicyclic amines) is 2. The third-order valence-corrected chi connectivity index (χ3v) is 7.67. The number of phenolic OH excluding ortho intramolecular Hbond substituents is 2. The summed E-state index contributed by atoms with van der Waals surface area (Å²) in [6.45, 7) is 8.03. The molecule has 204 valence electrons. The molecule has 2 fully saturated rings. The van der Waals surface area contributed by atoms with Crippen LogP contribution in [0.25, 0.3) is 0 Å². The number of phenols is 2. The van der Waals surface area contributed by atoms with Crippen LogP contribution in [-0.4, -0.2) is 64.0 Å². The molecule has 5 N–H and O–H groups in total. The smallest absolute Gasteiger partial charge is 0.325 e. The highest BCUT2D eigenvalue weighted by atomic mass is 16.3. The molecule has 0 atom stereocenters. The standard InChI is InChI=1S/C29H39N5O4/c1-19(2)23-16-24(26(36)17-25(23)35)27(30)34(29(31)38)22-8-6-20(7-9-22)18-32-14-10-21(11-15-32)28(37)33-12-4-3-5-13-33/h6-9,16-17,19,21,30,35-36H,3-5,10-15,18H2,1-2H3,(H2,31,38). The second-order valence-corrected chi connectivity index (χ2v) is 10.7. The number of primary amides is 1. The number of nitrogens with one attached hydrogen (secondary N) is 1. The topological polar surface area (TPSA) is 134 Å². The van der Waals surface area contributed by atoms with Gasteiger partial charge in [0.1, 0.15) is 17.3 Å². The summed E-state index contributed by atoms with van der Waals surface area (Å²) in [4.78, 5) is 30.6. The maximum absolute atomic E-state index is 12.8. The molecule has 0 unspecified atom stereocenters. The Morgan fingerprint density at radius 2 is 1.63 bits per heavy atom. The monoisotopic (exact) mass is 521 g/mol. The minimum absolute atomic E-state index is 0.0450. The van der Waals surface area contributed by atoms with Crippen LogP contribution in [0.5, 0.6) is 11.5 Å². The number of carbonyl (C=O) groups is 2. The van der Waals surface area contributed by atoms with E-state index in [4.69, 9.17) is 11.1 Å². The predicted octanol–water partition coefficient (Wildman–Crippen LogP) is 4.36. The number of rotatable bonds is 6. The minimum atomic E-state index is -0.846. The van der Waals surface area contributed by atoms with E-state index in [1.807, 2.05) is 30.9 Å². The van der Waals surface area contributed by atoms with Crippen LogP contribution in [0, 0.1) is 11.3 Å². The largest absolute Gasteiger partial charge is 0.508 e. The minimum Gasteiger partial charge on any atom is -0.508 e. The third kappa shape index (κ3) is 6.10. The molecule has 3 amide bonds. The van der Waals surface area contributed by atoms with Crippen LogP contribution in [0.2, 0.25) is 0 Å². The van der Waals surface area contributed by atoms with Crippen molar-refractivity contribution in [2.24, 2.45) is 11.7 Å². The molecule has 38 heavy (non-hydrogen) atoms. The summed E-state index contributed by atoms with van der Waals surface area (Å²) in [6.07, 6.45) is 5.19. The predicted molar refractivity (Wildman–Crippen MR) is 148 cm³/mol. The van der Waals surface area contributed by atoms with Gasteiger partial charge in [-0.15, -0.1) is 0 Å². The molecule has 2 aromatic rings. The third-order valence-electron chi connectivity index (χ3n) is 7.67. The summed E-state index contributed by atoms with van der Waals surface area (Å²) in [5, 5.41) is 29.2. The van der Waals surface area contributed by atoms with Crippen LogP contribution in [0.4, 0.5) is 10.5 Å². The van der Waals surface area contributed by atoms with Crippen molar-refractivity contribution >= 4 is 23.5 Å². The molecule has 9 heteroatoms. The average Bonchev–Trinajstić information content (AvgIpc) is 2.90. The van der Waals surface area contributed by atoms with Gasteiger partial charge >= 0.3 is 6.03 Å². The van der Waals surface area contributed by atoms with Crippen molar-refractivity contribution in [3.63, 3.8) is 0 Å².